The van der Waals surface area contributed by atoms with E-state index in [1.165, 1.54) is 0 Å². The topological polar surface area (TPSA) is 20.2 Å². The Morgan fingerprint density at radius 3 is 2.27 bits per heavy atom. The average molecular weight is 211 g/mol. The zero-order chi connectivity index (χ0) is 8.43. The van der Waals surface area contributed by atoms with Gasteiger partial charge in [-0.15, -0.1) is 0 Å². The molecule has 0 amide bonds. The molecular weight excluding hydrogens is 206 g/mol. The van der Waals surface area contributed by atoms with Gasteiger partial charge in [0.05, 0.1) is 21.7 Å². The summed E-state index contributed by atoms with van der Waals surface area (Å²) < 4.78 is 0. The second kappa shape index (κ2) is 3.63. The molecule has 0 aliphatic rings. The number of benzene rings is 1. The maximum absolute atomic E-state index is 8.75. The highest BCUT2D eigenvalue weighted by Crippen LogP contribution is 2.32. The summed E-state index contributed by atoms with van der Waals surface area (Å²) in [5.74, 6) is 0. The Morgan fingerprint density at radius 2 is 1.73 bits per heavy atom. The van der Waals surface area contributed by atoms with Crippen LogP contribution in [0.3, 0.4) is 0 Å². The van der Waals surface area contributed by atoms with Gasteiger partial charge in [-0.05, 0) is 11.6 Å². The number of aliphatic hydroxyl groups excluding tert-OH is 1. The summed E-state index contributed by atoms with van der Waals surface area (Å²) in [4.78, 5) is 0. The van der Waals surface area contributed by atoms with Crippen LogP contribution in [0.25, 0.3) is 0 Å². The fourth-order valence-electron chi connectivity index (χ4n) is 0.688. The van der Waals surface area contributed by atoms with E-state index < -0.39 is 0 Å². The van der Waals surface area contributed by atoms with Crippen molar-refractivity contribution >= 4 is 34.8 Å². The van der Waals surface area contributed by atoms with Gasteiger partial charge in [-0.3, -0.25) is 0 Å². The highest BCUT2D eigenvalue weighted by Gasteiger charge is 2.06. The Bertz CT molecular complexity index is 273. The standard InChI is InChI=1S/C7H5Cl3O/c8-5-2-1-4(3-11)6(9)7(5)10/h1-2,11H,3H2. The molecule has 1 nitrogen and oxygen atoms in total. The molecule has 0 spiro atoms. The van der Waals surface area contributed by atoms with Crippen molar-refractivity contribution in [3.63, 3.8) is 0 Å². The number of aliphatic hydroxyl groups is 1. The second-order valence-corrected chi connectivity index (χ2v) is 3.16. The summed E-state index contributed by atoms with van der Waals surface area (Å²) in [5.41, 5.74) is 0.584. The molecule has 0 heterocycles. The van der Waals surface area contributed by atoms with Crippen molar-refractivity contribution in [3.8, 4) is 0 Å². The normalized spacial score (nSPS) is 10.2. The van der Waals surface area contributed by atoms with Crippen molar-refractivity contribution in [2.75, 3.05) is 0 Å². The molecule has 11 heavy (non-hydrogen) atoms. The zero-order valence-electron chi connectivity index (χ0n) is 5.44. The molecule has 0 fully saturated rings. The number of hydrogen-bond acceptors (Lipinski definition) is 1. The van der Waals surface area contributed by atoms with Crippen LogP contribution < -0.4 is 0 Å². The molecular formula is C7H5Cl3O. The van der Waals surface area contributed by atoms with Gasteiger partial charge in [-0.2, -0.15) is 0 Å². The van der Waals surface area contributed by atoms with E-state index in [0.29, 0.717) is 20.6 Å². The lowest BCUT2D eigenvalue weighted by atomic mass is 10.2. The SMILES string of the molecule is OCc1ccc(Cl)c(Cl)c1Cl. The Kier molecular flexibility index (Phi) is 3.02. The summed E-state index contributed by atoms with van der Waals surface area (Å²) >= 11 is 17.1. The number of hydrogen-bond donors (Lipinski definition) is 1. The van der Waals surface area contributed by atoms with Crippen LogP contribution in [0.5, 0.6) is 0 Å². The van der Waals surface area contributed by atoms with E-state index in [0.717, 1.165) is 0 Å². The molecule has 1 N–H and O–H groups in total. The first kappa shape index (κ1) is 9.14. The van der Waals surface area contributed by atoms with Crippen molar-refractivity contribution in [3.05, 3.63) is 32.8 Å². The first-order chi connectivity index (χ1) is 5.16. The number of rotatable bonds is 1. The van der Waals surface area contributed by atoms with Gasteiger partial charge in [-0.1, -0.05) is 40.9 Å². The fourth-order valence-corrected chi connectivity index (χ4v) is 1.30. The minimum Gasteiger partial charge on any atom is -0.392 e. The van der Waals surface area contributed by atoms with Gasteiger partial charge in [0, 0.05) is 0 Å². The molecule has 1 aromatic rings. The Morgan fingerprint density at radius 1 is 1.09 bits per heavy atom. The van der Waals surface area contributed by atoms with Gasteiger partial charge in [0.2, 0.25) is 0 Å². The number of halogens is 3. The summed E-state index contributed by atoms with van der Waals surface area (Å²) in [6, 6.07) is 3.23. The van der Waals surface area contributed by atoms with Crippen LogP contribution in [-0.2, 0) is 6.61 Å². The molecule has 0 bridgehead atoms. The molecule has 4 heteroatoms. The summed E-state index contributed by atoms with van der Waals surface area (Å²) in [6.45, 7) is -0.129. The van der Waals surface area contributed by atoms with Gasteiger partial charge in [-0.25, -0.2) is 0 Å². The maximum Gasteiger partial charge on any atom is 0.0782 e. The lowest BCUT2D eigenvalue weighted by Crippen LogP contribution is -1.85. The molecule has 0 atom stereocenters. The highest BCUT2D eigenvalue weighted by atomic mass is 35.5. The third-order valence-electron chi connectivity index (χ3n) is 1.29. The molecule has 1 rings (SSSR count). The Hall–Kier alpha value is 0.0500. The van der Waals surface area contributed by atoms with E-state index in [1.54, 1.807) is 12.1 Å². The van der Waals surface area contributed by atoms with E-state index >= 15 is 0 Å². The van der Waals surface area contributed by atoms with Crippen LogP contribution >= 0.6 is 34.8 Å². The fraction of sp³-hybridized carbons (Fsp3) is 0.143. The van der Waals surface area contributed by atoms with Gasteiger partial charge in [0.15, 0.2) is 0 Å². The predicted octanol–water partition coefficient (Wildman–Crippen LogP) is 3.14. The van der Waals surface area contributed by atoms with Crippen LogP contribution in [0.2, 0.25) is 15.1 Å². The molecule has 0 radical (unpaired) electrons. The summed E-state index contributed by atoms with van der Waals surface area (Å²) in [6.07, 6.45) is 0. The van der Waals surface area contributed by atoms with Crippen molar-refractivity contribution in [1.29, 1.82) is 0 Å². The van der Waals surface area contributed by atoms with Crippen LogP contribution in [0.1, 0.15) is 5.56 Å². The van der Waals surface area contributed by atoms with Gasteiger partial charge in [0.25, 0.3) is 0 Å². The van der Waals surface area contributed by atoms with Crippen molar-refractivity contribution in [2.45, 2.75) is 6.61 Å². The summed E-state index contributed by atoms with van der Waals surface area (Å²) in [5, 5.41) is 9.76. The van der Waals surface area contributed by atoms with Gasteiger partial charge < -0.3 is 5.11 Å². The van der Waals surface area contributed by atoms with Crippen LogP contribution in [0.15, 0.2) is 12.1 Å². The van der Waals surface area contributed by atoms with Gasteiger partial charge in [0.1, 0.15) is 0 Å². The molecule has 0 saturated heterocycles. The first-order valence-electron chi connectivity index (χ1n) is 2.90. The van der Waals surface area contributed by atoms with Crippen LogP contribution in [0, 0.1) is 0 Å². The average Bonchev–Trinajstić information content (AvgIpc) is 2.01. The van der Waals surface area contributed by atoms with Gasteiger partial charge >= 0.3 is 0 Å². The molecule has 1 aromatic carbocycles. The van der Waals surface area contributed by atoms with Crippen molar-refractivity contribution in [1.82, 2.24) is 0 Å². The monoisotopic (exact) mass is 210 g/mol. The second-order valence-electron chi connectivity index (χ2n) is 1.99. The van der Waals surface area contributed by atoms with E-state index in [1.807, 2.05) is 0 Å². The molecule has 0 saturated carbocycles. The molecule has 0 aromatic heterocycles. The van der Waals surface area contributed by atoms with E-state index in [9.17, 15) is 0 Å². The van der Waals surface area contributed by atoms with E-state index in [-0.39, 0.29) is 6.61 Å². The highest BCUT2D eigenvalue weighted by molar-refractivity contribution is 6.48. The quantitative estimate of drug-likeness (QED) is 0.708. The Balaban J connectivity index is 3.25. The van der Waals surface area contributed by atoms with E-state index in [2.05, 4.69) is 0 Å². The smallest absolute Gasteiger partial charge is 0.0782 e. The maximum atomic E-state index is 8.75. The third kappa shape index (κ3) is 1.79. The largest absolute Gasteiger partial charge is 0.392 e. The lowest BCUT2D eigenvalue weighted by Gasteiger charge is -2.02. The third-order valence-corrected chi connectivity index (χ3v) is 2.62. The summed E-state index contributed by atoms with van der Waals surface area (Å²) in [7, 11) is 0. The minimum absolute atomic E-state index is 0.129. The van der Waals surface area contributed by atoms with Crippen molar-refractivity contribution in [2.24, 2.45) is 0 Å². The Labute approximate surface area is 79.5 Å². The zero-order valence-corrected chi connectivity index (χ0v) is 7.71. The predicted molar refractivity (Wildman–Crippen MR) is 47.4 cm³/mol. The molecule has 0 unspecified atom stereocenters. The van der Waals surface area contributed by atoms with E-state index in [4.69, 9.17) is 39.9 Å². The lowest BCUT2D eigenvalue weighted by molar-refractivity contribution is 0.282. The minimum atomic E-state index is -0.129. The first-order valence-corrected chi connectivity index (χ1v) is 4.03. The van der Waals surface area contributed by atoms with Crippen LogP contribution in [-0.4, -0.2) is 5.11 Å². The molecule has 60 valence electrons. The molecule has 0 aliphatic carbocycles. The molecule has 0 aliphatic heterocycles. The van der Waals surface area contributed by atoms with Crippen LogP contribution in [0.4, 0.5) is 0 Å². The van der Waals surface area contributed by atoms with Crippen molar-refractivity contribution < 1.29 is 5.11 Å².